The molecule has 26 heavy (non-hydrogen) atoms. The highest BCUT2D eigenvalue weighted by atomic mass is 16.7. The molecule has 0 saturated carbocycles. The average Bonchev–Trinajstić information content (AvgIpc) is 3.12. The molecule has 2 amide bonds. The highest BCUT2D eigenvalue weighted by Crippen LogP contribution is 2.34. The zero-order chi connectivity index (χ0) is 17.9. The lowest BCUT2D eigenvalue weighted by Crippen LogP contribution is -2.54. The number of fused-ring (bicyclic) bond motifs is 1. The zero-order valence-electron chi connectivity index (χ0n) is 14.0. The minimum Gasteiger partial charge on any atom is -0.454 e. The van der Waals surface area contributed by atoms with Crippen molar-refractivity contribution in [2.75, 3.05) is 25.3 Å². The van der Waals surface area contributed by atoms with E-state index in [0.29, 0.717) is 23.7 Å². The van der Waals surface area contributed by atoms with Crippen molar-refractivity contribution >= 4 is 17.5 Å². The van der Waals surface area contributed by atoms with Crippen molar-refractivity contribution in [1.82, 2.24) is 4.90 Å². The van der Waals surface area contributed by atoms with Gasteiger partial charge in [0.1, 0.15) is 12.6 Å². The molecule has 2 aliphatic heterocycles. The van der Waals surface area contributed by atoms with Gasteiger partial charge in [0.15, 0.2) is 11.5 Å². The van der Waals surface area contributed by atoms with E-state index in [1.54, 1.807) is 23.1 Å². The zero-order valence-corrected chi connectivity index (χ0v) is 14.0. The Morgan fingerprint density at radius 2 is 1.92 bits per heavy atom. The number of rotatable bonds is 4. The van der Waals surface area contributed by atoms with Crippen LogP contribution >= 0.6 is 0 Å². The lowest BCUT2D eigenvalue weighted by atomic mass is 10.1. The maximum atomic E-state index is 12.8. The van der Waals surface area contributed by atoms with Gasteiger partial charge in [-0.2, -0.15) is 0 Å². The van der Waals surface area contributed by atoms with Gasteiger partial charge in [-0.15, -0.1) is 0 Å². The number of nitrogens with zero attached hydrogens (tertiary/aromatic N) is 1. The van der Waals surface area contributed by atoms with Crippen LogP contribution in [0.4, 0.5) is 5.69 Å². The first-order chi connectivity index (χ1) is 12.7. The first-order valence-electron chi connectivity index (χ1n) is 8.32. The summed E-state index contributed by atoms with van der Waals surface area (Å²) in [5, 5.41) is 2.83. The van der Waals surface area contributed by atoms with Gasteiger partial charge in [0.25, 0.3) is 0 Å². The van der Waals surface area contributed by atoms with Crippen LogP contribution in [0.2, 0.25) is 0 Å². The summed E-state index contributed by atoms with van der Waals surface area (Å²) in [6.45, 7) is 0.681. The van der Waals surface area contributed by atoms with E-state index in [1.165, 1.54) is 0 Å². The fourth-order valence-electron chi connectivity index (χ4n) is 3.00. The molecule has 0 aromatic heterocycles. The summed E-state index contributed by atoms with van der Waals surface area (Å²) in [5.74, 6) is 0.726. The lowest BCUT2D eigenvalue weighted by Gasteiger charge is -2.34. The van der Waals surface area contributed by atoms with Gasteiger partial charge < -0.3 is 24.4 Å². The average molecular weight is 354 g/mol. The van der Waals surface area contributed by atoms with E-state index in [-0.39, 0.29) is 31.8 Å². The predicted molar refractivity (Wildman–Crippen MR) is 92.8 cm³/mol. The van der Waals surface area contributed by atoms with Crippen molar-refractivity contribution in [1.29, 1.82) is 0 Å². The molecule has 1 fully saturated rings. The van der Waals surface area contributed by atoms with E-state index in [4.69, 9.17) is 14.2 Å². The van der Waals surface area contributed by atoms with Crippen molar-refractivity contribution in [2.45, 2.75) is 12.6 Å². The van der Waals surface area contributed by atoms with E-state index < -0.39 is 6.04 Å². The highest BCUT2D eigenvalue weighted by Gasteiger charge is 2.34. The van der Waals surface area contributed by atoms with Crippen LogP contribution in [0.1, 0.15) is 5.56 Å². The van der Waals surface area contributed by atoms with Crippen LogP contribution in [-0.2, 0) is 20.9 Å². The summed E-state index contributed by atoms with van der Waals surface area (Å²) in [6, 6.07) is 14.1. The number of anilines is 1. The second-order valence-corrected chi connectivity index (χ2v) is 6.10. The Morgan fingerprint density at radius 1 is 1.12 bits per heavy atom. The fraction of sp³-hybridized carbons (Fsp3) is 0.263. The number of carbonyl (C=O) groups is 2. The van der Waals surface area contributed by atoms with Crippen molar-refractivity contribution < 1.29 is 23.8 Å². The highest BCUT2D eigenvalue weighted by molar-refractivity contribution is 5.98. The molecule has 7 nitrogen and oxygen atoms in total. The molecule has 1 N–H and O–H groups in total. The van der Waals surface area contributed by atoms with Gasteiger partial charge in [0, 0.05) is 18.3 Å². The molecule has 0 bridgehead atoms. The third-order valence-corrected chi connectivity index (χ3v) is 4.34. The number of hydrogen-bond donors (Lipinski definition) is 1. The van der Waals surface area contributed by atoms with Gasteiger partial charge in [0.05, 0.1) is 6.61 Å². The van der Waals surface area contributed by atoms with Crippen molar-refractivity contribution in [3.8, 4) is 11.5 Å². The van der Waals surface area contributed by atoms with Crippen LogP contribution < -0.4 is 14.8 Å². The number of ether oxygens (including phenoxy) is 3. The van der Waals surface area contributed by atoms with Gasteiger partial charge in [-0.3, -0.25) is 9.59 Å². The second-order valence-electron chi connectivity index (χ2n) is 6.10. The van der Waals surface area contributed by atoms with Crippen LogP contribution in [0, 0.1) is 0 Å². The summed E-state index contributed by atoms with van der Waals surface area (Å²) < 4.78 is 15.9. The van der Waals surface area contributed by atoms with Crippen LogP contribution in [0.25, 0.3) is 0 Å². The maximum Gasteiger partial charge on any atom is 0.249 e. The maximum absolute atomic E-state index is 12.8. The molecule has 1 saturated heterocycles. The van der Waals surface area contributed by atoms with Gasteiger partial charge in [0.2, 0.25) is 18.6 Å². The molecule has 2 aromatic rings. The van der Waals surface area contributed by atoms with E-state index in [9.17, 15) is 9.59 Å². The van der Waals surface area contributed by atoms with Gasteiger partial charge in [-0.1, -0.05) is 30.3 Å². The Kier molecular flexibility index (Phi) is 4.45. The molecule has 134 valence electrons. The fourth-order valence-corrected chi connectivity index (χ4v) is 3.00. The van der Waals surface area contributed by atoms with Gasteiger partial charge in [-0.25, -0.2) is 0 Å². The molecule has 2 aliphatic rings. The van der Waals surface area contributed by atoms with Crippen LogP contribution in [0.5, 0.6) is 11.5 Å². The molecule has 2 aromatic carbocycles. The minimum absolute atomic E-state index is 0.0133. The summed E-state index contributed by atoms with van der Waals surface area (Å²) >= 11 is 0. The Balaban J connectivity index is 1.50. The normalized spacial score (nSPS) is 18.7. The summed E-state index contributed by atoms with van der Waals surface area (Å²) in [4.78, 5) is 26.6. The molecule has 0 radical (unpaired) electrons. The van der Waals surface area contributed by atoms with Crippen molar-refractivity contribution in [3.05, 3.63) is 54.1 Å². The van der Waals surface area contributed by atoms with Gasteiger partial charge in [-0.05, 0) is 17.7 Å². The Labute approximate surface area is 150 Å². The Bertz CT molecular complexity index is 824. The summed E-state index contributed by atoms with van der Waals surface area (Å²) in [6.07, 6.45) is 0. The number of amides is 2. The summed E-state index contributed by atoms with van der Waals surface area (Å²) in [7, 11) is 0. The molecular formula is C19H18N2O5. The van der Waals surface area contributed by atoms with Crippen molar-refractivity contribution in [3.63, 3.8) is 0 Å². The first kappa shape index (κ1) is 16.4. The van der Waals surface area contributed by atoms with Crippen LogP contribution in [0.3, 0.4) is 0 Å². The predicted octanol–water partition coefficient (Wildman–Crippen LogP) is 1.78. The largest absolute Gasteiger partial charge is 0.454 e. The Hall–Kier alpha value is -3.06. The molecule has 1 atom stereocenters. The quantitative estimate of drug-likeness (QED) is 0.906. The first-order valence-corrected chi connectivity index (χ1v) is 8.32. The number of morpholine rings is 1. The SMILES string of the molecule is O=C(Nc1ccc2c(c1)OCO2)[C@H]1COCC(=O)N1Cc1ccccc1. The molecular weight excluding hydrogens is 336 g/mol. The standard InChI is InChI=1S/C19H18N2O5/c22-18-11-24-10-15(21(18)9-13-4-2-1-3-5-13)19(23)20-14-6-7-16-17(8-14)26-12-25-16/h1-8,15H,9-12H2,(H,20,23)/t15-/m1/s1. The Morgan fingerprint density at radius 3 is 2.77 bits per heavy atom. The van der Waals surface area contributed by atoms with E-state index in [2.05, 4.69) is 5.32 Å². The van der Waals surface area contributed by atoms with Gasteiger partial charge >= 0.3 is 0 Å². The third-order valence-electron chi connectivity index (χ3n) is 4.34. The second kappa shape index (κ2) is 7.05. The minimum atomic E-state index is -0.693. The number of nitrogens with one attached hydrogen (secondary N) is 1. The number of carbonyl (C=O) groups excluding carboxylic acids is 2. The van der Waals surface area contributed by atoms with Crippen LogP contribution in [0.15, 0.2) is 48.5 Å². The number of hydrogen-bond acceptors (Lipinski definition) is 5. The molecule has 4 rings (SSSR count). The molecule has 7 heteroatoms. The smallest absolute Gasteiger partial charge is 0.249 e. The lowest BCUT2D eigenvalue weighted by molar-refractivity contribution is -0.154. The molecule has 0 spiro atoms. The van der Waals surface area contributed by atoms with E-state index >= 15 is 0 Å². The summed E-state index contributed by atoms with van der Waals surface area (Å²) in [5.41, 5.74) is 1.54. The third kappa shape index (κ3) is 3.34. The van der Waals surface area contributed by atoms with E-state index in [0.717, 1.165) is 5.56 Å². The van der Waals surface area contributed by atoms with Crippen LogP contribution in [-0.4, -0.2) is 42.8 Å². The van der Waals surface area contributed by atoms with E-state index in [1.807, 2.05) is 30.3 Å². The topological polar surface area (TPSA) is 77.1 Å². The molecule has 0 unspecified atom stereocenters. The monoisotopic (exact) mass is 354 g/mol. The molecule has 0 aliphatic carbocycles. The van der Waals surface area contributed by atoms with Crippen molar-refractivity contribution in [2.24, 2.45) is 0 Å². The molecule has 2 heterocycles. The number of benzene rings is 2.